The van der Waals surface area contributed by atoms with Crippen molar-refractivity contribution in [3.63, 3.8) is 0 Å². The van der Waals surface area contributed by atoms with Gasteiger partial charge in [-0.25, -0.2) is 0 Å². The third kappa shape index (κ3) is 2.47. The Morgan fingerprint density at radius 1 is 1.25 bits per heavy atom. The number of carbonyl (C=O) groups is 1. The number of hydrogen-bond donors (Lipinski definition) is 1. The molecule has 0 bridgehead atoms. The molecule has 1 aromatic heterocycles. The Morgan fingerprint density at radius 3 is 2.50 bits per heavy atom. The summed E-state index contributed by atoms with van der Waals surface area (Å²) in [6.07, 6.45) is 7.95. The molecule has 1 aromatic rings. The molecule has 3 heteroatoms. The largest absolute Gasteiger partial charge is 0.382 e. The van der Waals surface area contributed by atoms with Crippen LogP contribution in [0.2, 0.25) is 0 Å². The van der Waals surface area contributed by atoms with Gasteiger partial charge < -0.3 is 5.11 Å². The lowest BCUT2D eigenvalue weighted by molar-refractivity contribution is -0.139. The van der Waals surface area contributed by atoms with Crippen molar-refractivity contribution in [3.05, 3.63) is 30.1 Å². The van der Waals surface area contributed by atoms with Crippen LogP contribution in [0.25, 0.3) is 0 Å². The van der Waals surface area contributed by atoms with E-state index in [9.17, 15) is 9.90 Å². The molecule has 16 heavy (non-hydrogen) atoms. The molecule has 0 spiro atoms. The quantitative estimate of drug-likeness (QED) is 0.844. The van der Waals surface area contributed by atoms with Crippen molar-refractivity contribution < 1.29 is 9.90 Å². The first-order valence-electron chi connectivity index (χ1n) is 5.85. The van der Waals surface area contributed by atoms with Crippen LogP contribution in [0, 0.1) is 0 Å². The monoisotopic (exact) mass is 219 g/mol. The van der Waals surface area contributed by atoms with E-state index in [1.54, 1.807) is 12.4 Å². The molecule has 0 amide bonds. The van der Waals surface area contributed by atoms with Crippen LogP contribution in [-0.4, -0.2) is 21.5 Å². The fraction of sp³-hybridized carbons (Fsp3) is 0.538. The molecule has 0 aromatic carbocycles. The Bertz CT molecular complexity index is 355. The van der Waals surface area contributed by atoms with E-state index in [1.165, 1.54) is 0 Å². The van der Waals surface area contributed by atoms with Crippen molar-refractivity contribution in [2.24, 2.45) is 0 Å². The van der Waals surface area contributed by atoms with Gasteiger partial charge in [-0.2, -0.15) is 0 Å². The van der Waals surface area contributed by atoms with Gasteiger partial charge in [0.25, 0.3) is 0 Å². The Hall–Kier alpha value is -1.22. The molecule has 2 rings (SSSR count). The zero-order valence-corrected chi connectivity index (χ0v) is 9.35. The molecular weight excluding hydrogens is 202 g/mol. The van der Waals surface area contributed by atoms with Gasteiger partial charge in [-0.15, -0.1) is 0 Å². The molecule has 0 radical (unpaired) electrons. The maximum atomic E-state index is 12.0. The van der Waals surface area contributed by atoms with E-state index < -0.39 is 5.60 Å². The summed E-state index contributed by atoms with van der Waals surface area (Å²) in [5, 5.41) is 10.2. The molecular formula is C13H17NO2. The lowest BCUT2D eigenvalue weighted by Crippen LogP contribution is -2.41. The summed E-state index contributed by atoms with van der Waals surface area (Å²) in [5.74, 6) is -0.0431. The lowest BCUT2D eigenvalue weighted by atomic mass is 9.80. The normalized spacial score (nSPS) is 19.3. The summed E-state index contributed by atoms with van der Waals surface area (Å²) in [7, 11) is 0. The summed E-state index contributed by atoms with van der Waals surface area (Å²) in [4.78, 5) is 15.9. The molecule has 1 aliphatic carbocycles. The van der Waals surface area contributed by atoms with E-state index in [0.717, 1.165) is 24.8 Å². The summed E-state index contributed by atoms with van der Waals surface area (Å²) in [6.45, 7) is 0. The van der Waals surface area contributed by atoms with Crippen molar-refractivity contribution >= 4 is 5.78 Å². The predicted molar refractivity (Wildman–Crippen MR) is 61.0 cm³/mol. The van der Waals surface area contributed by atoms with Crippen LogP contribution in [0.4, 0.5) is 0 Å². The molecule has 86 valence electrons. The number of hydrogen-bond acceptors (Lipinski definition) is 3. The minimum atomic E-state index is -1.07. The van der Waals surface area contributed by atoms with Crippen molar-refractivity contribution in [3.8, 4) is 0 Å². The van der Waals surface area contributed by atoms with Gasteiger partial charge in [0.15, 0.2) is 5.78 Å². The van der Waals surface area contributed by atoms with E-state index in [-0.39, 0.29) is 5.78 Å². The number of pyridine rings is 1. The van der Waals surface area contributed by atoms with Gasteiger partial charge in [0.1, 0.15) is 5.60 Å². The van der Waals surface area contributed by atoms with Gasteiger partial charge in [0.05, 0.1) is 0 Å². The molecule has 0 unspecified atom stereocenters. The smallest absolute Gasteiger partial charge is 0.168 e. The van der Waals surface area contributed by atoms with Gasteiger partial charge in [-0.05, 0) is 30.5 Å². The Kier molecular flexibility index (Phi) is 3.34. The van der Waals surface area contributed by atoms with Gasteiger partial charge in [-0.3, -0.25) is 9.78 Å². The number of aromatic nitrogens is 1. The maximum Gasteiger partial charge on any atom is 0.168 e. The Labute approximate surface area is 95.5 Å². The highest BCUT2D eigenvalue weighted by Crippen LogP contribution is 2.29. The molecule has 1 fully saturated rings. The van der Waals surface area contributed by atoms with E-state index in [0.29, 0.717) is 19.3 Å². The fourth-order valence-corrected chi connectivity index (χ4v) is 2.27. The van der Waals surface area contributed by atoms with Gasteiger partial charge in [-0.1, -0.05) is 19.3 Å². The zero-order chi connectivity index (χ0) is 11.4. The summed E-state index contributed by atoms with van der Waals surface area (Å²) >= 11 is 0. The molecule has 1 saturated carbocycles. The number of aliphatic hydroxyl groups is 1. The number of nitrogens with zero attached hydrogens (tertiary/aromatic N) is 1. The van der Waals surface area contributed by atoms with Crippen molar-refractivity contribution in [1.29, 1.82) is 0 Å². The average Bonchev–Trinajstić information content (AvgIpc) is 2.31. The number of Topliss-reactive ketones (excluding diaryl/α,β-unsaturated/α-hetero) is 1. The average molecular weight is 219 g/mol. The van der Waals surface area contributed by atoms with Crippen LogP contribution in [0.3, 0.4) is 0 Å². The molecule has 0 saturated heterocycles. The van der Waals surface area contributed by atoms with Gasteiger partial charge in [0.2, 0.25) is 0 Å². The van der Waals surface area contributed by atoms with Crippen molar-refractivity contribution in [2.75, 3.05) is 0 Å². The minimum absolute atomic E-state index is 0.0431. The molecule has 1 N–H and O–H groups in total. The van der Waals surface area contributed by atoms with Crippen LogP contribution in [0.15, 0.2) is 24.5 Å². The number of ketones is 1. The molecule has 1 heterocycles. The SMILES string of the molecule is O=C(Cc1ccncc1)C1(O)CCCCC1. The third-order valence-electron chi connectivity index (χ3n) is 3.31. The minimum Gasteiger partial charge on any atom is -0.382 e. The van der Waals surface area contributed by atoms with Crippen molar-refractivity contribution in [2.45, 2.75) is 44.1 Å². The van der Waals surface area contributed by atoms with E-state index in [4.69, 9.17) is 0 Å². The van der Waals surface area contributed by atoms with E-state index in [2.05, 4.69) is 4.98 Å². The second-order valence-corrected chi connectivity index (χ2v) is 4.55. The lowest BCUT2D eigenvalue weighted by Gasteiger charge is -2.30. The first-order valence-corrected chi connectivity index (χ1v) is 5.85. The highest BCUT2D eigenvalue weighted by atomic mass is 16.3. The van der Waals surface area contributed by atoms with Crippen LogP contribution >= 0.6 is 0 Å². The highest BCUT2D eigenvalue weighted by molar-refractivity contribution is 5.88. The zero-order valence-electron chi connectivity index (χ0n) is 9.35. The van der Waals surface area contributed by atoms with Crippen LogP contribution in [0.1, 0.15) is 37.7 Å². The standard InChI is InChI=1S/C13H17NO2/c15-12(10-11-4-8-14-9-5-11)13(16)6-2-1-3-7-13/h4-5,8-9,16H,1-3,6-7,10H2. The topological polar surface area (TPSA) is 50.2 Å². The van der Waals surface area contributed by atoms with Crippen molar-refractivity contribution in [1.82, 2.24) is 4.98 Å². The molecule has 0 aliphatic heterocycles. The van der Waals surface area contributed by atoms with E-state index in [1.807, 2.05) is 12.1 Å². The van der Waals surface area contributed by atoms with E-state index >= 15 is 0 Å². The summed E-state index contributed by atoms with van der Waals surface area (Å²) in [5.41, 5.74) is -0.138. The van der Waals surface area contributed by atoms with Gasteiger partial charge >= 0.3 is 0 Å². The number of rotatable bonds is 3. The molecule has 0 atom stereocenters. The number of carbonyl (C=O) groups excluding carboxylic acids is 1. The van der Waals surface area contributed by atoms with Crippen LogP contribution in [0.5, 0.6) is 0 Å². The second-order valence-electron chi connectivity index (χ2n) is 4.55. The fourth-order valence-electron chi connectivity index (χ4n) is 2.27. The van der Waals surface area contributed by atoms with Crippen LogP contribution in [-0.2, 0) is 11.2 Å². The van der Waals surface area contributed by atoms with Crippen LogP contribution < -0.4 is 0 Å². The molecule has 1 aliphatic rings. The Balaban J connectivity index is 2.02. The third-order valence-corrected chi connectivity index (χ3v) is 3.31. The molecule has 3 nitrogen and oxygen atoms in total. The van der Waals surface area contributed by atoms with Gasteiger partial charge in [0, 0.05) is 18.8 Å². The Morgan fingerprint density at radius 2 is 1.88 bits per heavy atom. The summed E-state index contributed by atoms with van der Waals surface area (Å²) in [6, 6.07) is 3.65. The first-order chi connectivity index (χ1) is 7.71. The maximum absolute atomic E-state index is 12.0. The second kappa shape index (κ2) is 4.74. The first kappa shape index (κ1) is 11.3. The predicted octanol–water partition coefficient (Wildman–Crippen LogP) is 1.89. The highest BCUT2D eigenvalue weighted by Gasteiger charge is 2.36. The summed E-state index contributed by atoms with van der Waals surface area (Å²) < 4.78 is 0.